The highest BCUT2D eigenvalue weighted by Gasteiger charge is 2.39. The zero-order chi connectivity index (χ0) is 15.6. The molecule has 0 heterocycles. The van der Waals surface area contributed by atoms with E-state index in [1.54, 1.807) is 12.1 Å². The number of rotatable bonds is 5. The molecule has 0 aliphatic heterocycles. The summed E-state index contributed by atoms with van der Waals surface area (Å²) in [6.07, 6.45) is 6.96. The lowest BCUT2D eigenvalue weighted by molar-refractivity contribution is -0.142. The lowest BCUT2D eigenvalue weighted by Gasteiger charge is -2.44. The van der Waals surface area contributed by atoms with Gasteiger partial charge >= 0.3 is 5.97 Å². The summed E-state index contributed by atoms with van der Waals surface area (Å²) in [5.74, 6) is -0.994. The maximum Gasteiger partial charge on any atom is 0.306 e. The number of benzene rings is 1. The van der Waals surface area contributed by atoms with Crippen LogP contribution in [0.5, 0.6) is 0 Å². The maximum atomic E-state index is 13.1. The molecule has 2 aliphatic rings. The van der Waals surface area contributed by atoms with Gasteiger partial charge in [0.1, 0.15) is 5.82 Å². The van der Waals surface area contributed by atoms with Crippen molar-refractivity contribution in [2.75, 3.05) is 6.54 Å². The van der Waals surface area contributed by atoms with Crippen molar-refractivity contribution in [3.8, 4) is 0 Å². The van der Waals surface area contributed by atoms with E-state index in [4.69, 9.17) is 5.11 Å². The molecule has 0 aromatic heterocycles. The van der Waals surface area contributed by atoms with E-state index in [1.165, 1.54) is 12.0 Å². The number of nitrogens with one attached hydrogen (secondary N) is 1. The van der Waals surface area contributed by atoms with Gasteiger partial charge in [-0.3, -0.25) is 4.79 Å². The monoisotopic (exact) mass is 305 g/mol. The molecule has 2 saturated carbocycles. The van der Waals surface area contributed by atoms with Crippen LogP contribution in [0.25, 0.3) is 0 Å². The Bertz CT molecular complexity index is 516. The summed E-state index contributed by atoms with van der Waals surface area (Å²) in [7, 11) is 0. The Balaban J connectivity index is 1.56. The minimum absolute atomic E-state index is 0.150. The topological polar surface area (TPSA) is 49.3 Å². The molecule has 3 nitrogen and oxygen atoms in total. The number of hydrogen-bond donors (Lipinski definition) is 2. The quantitative estimate of drug-likeness (QED) is 0.875. The average molecular weight is 305 g/mol. The number of carbonyl (C=O) groups is 1. The van der Waals surface area contributed by atoms with Gasteiger partial charge in [-0.25, -0.2) is 4.39 Å². The largest absolute Gasteiger partial charge is 0.481 e. The molecule has 3 rings (SSSR count). The van der Waals surface area contributed by atoms with Gasteiger partial charge in [0.15, 0.2) is 0 Å². The molecule has 0 bridgehead atoms. The smallest absolute Gasteiger partial charge is 0.306 e. The fourth-order valence-electron chi connectivity index (χ4n) is 3.86. The molecule has 0 unspecified atom stereocenters. The summed E-state index contributed by atoms with van der Waals surface area (Å²) < 4.78 is 13.1. The van der Waals surface area contributed by atoms with Gasteiger partial charge in [-0.05, 0) is 56.2 Å². The first-order valence-corrected chi connectivity index (χ1v) is 8.31. The second-order valence-electron chi connectivity index (χ2n) is 6.91. The Morgan fingerprint density at radius 2 is 1.82 bits per heavy atom. The molecule has 22 heavy (non-hydrogen) atoms. The van der Waals surface area contributed by atoms with Crippen LogP contribution in [-0.4, -0.2) is 23.7 Å². The van der Waals surface area contributed by atoms with Crippen LogP contribution in [0.4, 0.5) is 4.39 Å². The predicted molar refractivity (Wildman–Crippen MR) is 83.3 cm³/mol. The second kappa shape index (κ2) is 6.37. The van der Waals surface area contributed by atoms with Crippen molar-refractivity contribution in [2.45, 2.75) is 56.4 Å². The number of carboxylic acid groups (broad SMARTS) is 1. The Morgan fingerprint density at radius 3 is 2.32 bits per heavy atom. The molecular weight excluding hydrogens is 281 g/mol. The Labute approximate surface area is 130 Å². The molecule has 1 aromatic carbocycles. The van der Waals surface area contributed by atoms with Gasteiger partial charge in [-0.15, -0.1) is 0 Å². The third-order valence-electron chi connectivity index (χ3n) is 5.57. The molecule has 0 spiro atoms. The molecule has 2 fully saturated rings. The molecule has 0 atom stereocenters. The van der Waals surface area contributed by atoms with Crippen molar-refractivity contribution in [3.63, 3.8) is 0 Å². The zero-order valence-corrected chi connectivity index (χ0v) is 12.9. The van der Waals surface area contributed by atoms with E-state index < -0.39 is 5.97 Å². The van der Waals surface area contributed by atoms with Gasteiger partial charge in [-0.1, -0.05) is 18.6 Å². The summed E-state index contributed by atoms with van der Waals surface area (Å²) in [4.78, 5) is 11.0. The van der Waals surface area contributed by atoms with E-state index in [1.807, 2.05) is 12.1 Å². The minimum Gasteiger partial charge on any atom is -0.481 e. The molecule has 120 valence electrons. The lowest BCUT2D eigenvalue weighted by atomic mass is 9.64. The van der Waals surface area contributed by atoms with Crippen molar-refractivity contribution in [1.82, 2.24) is 5.32 Å². The van der Waals surface area contributed by atoms with E-state index in [2.05, 4.69) is 5.32 Å². The van der Waals surface area contributed by atoms with E-state index in [0.29, 0.717) is 6.04 Å². The zero-order valence-electron chi connectivity index (χ0n) is 12.9. The van der Waals surface area contributed by atoms with Gasteiger partial charge < -0.3 is 10.4 Å². The second-order valence-corrected chi connectivity index (χ2v) is 6.91. The molecule has 1 aromatic rings. The number of hydrogen-bond acceptors (Lipinski definition) is 2. The van der Waals surface area contributed by atoms with Crippen LogP contribution < -0.4 is 5.32 Å². The van der Waals surface area contributed by atoms with Crippen LogP contribution in [-0.2, 0) is 10.2 Å². The highest BCUT2D eigenvalue weighted by Crippen LogP contribution is 2.43. The van der Waals surface area contributed by atoms with Gasteiger partial charge in [0.2, 0.25) is 0 Å². The van der Waals surface area contributed by atoms with Crippen molar-refractivity contribution >= 4 is 5.97 Å². The van der Waals surface area contributed by atoms with E-state index >= 15 is 0 Å². The van der Waals surface area contributed by atoms with Gasteiger partial charge in [0, 0.05) is 18.0 Å². The first kappa shape index (κ1) is 15.5. The van der Waals surface area contributed by atoms with Crippen molar-refractivity contribution in [1.29, 1.82) is 0 Å². The summed E-state index contributed by atoms with van der Waals surface area (Å²) >= 11 is 0. The molecule has 2 N–H and O–H groups in total. The maximum absolute atomic E-state index is 13.1. The van der Waals surface area contributed by atoms with Crippen LogP contribution in [0.1, 0.15) is 50.5 Å². The lowest BCUT2D eigenvalue weighted by Crippen LogP contribution is -2.47. The van der Waals surface area contributed by atoms with Crippen LogP contribution in [0.2, 0.25) is 0 Å². The van der Waals surface area contributed by atoms with Gasteiger partial charge in [-0.2, -0.15) is 0 Å². The highest BCUT2D eigenvalue weighted by molar-refractivity contribution is 5.70. The number of halogens is 1. The fourth-order valence-corrected chi connectivity index (χ4v) is 3.86. The first-order valence-electron chi connectivity index (χ1n) is 8.31. The average Bonchev–Trinajstić information content (AvgIpc) is 2.48. The molecule has 4 heteroatoms. The molecule has 0 radical (unpaired) electrons. The normalized spacial score (nSPS) is 27.1. The summed E-state index contributed by atoms with van der Waals surface area (Å²) in [6, 6.07) is 7.35. The van der Waals surface area contributed by atoms with E-state index in [0.717, 1.165) is 45.1 Å². The molecule has 0 amide bonds. The predicted octanol–water partition coefficient (Wildman–Crippen LogP) is 3.48. The SMILES string of the molecule is O=C(O)C1CCC(NCC2(c3ccc(F)cc3)CCC2)CC1. The number of carboxylic acids is 1. The summed E-state index contributed by atoms with van der Waals surface area (Å²) in [5, 5.41) is 12.7. The summed E-state index contributed by atoms with van der Waals surface area (Å²) in [6.45, 7) is 0.918. The number of aliphatic carboxylic acids is 1. The van der Waals surface area contributed by atoms with Crippen LogP contribution >= 0.6 is 0 Å². The molecule has 0 saturated heterocycles. The van der Waals surface area contributed by atoms with Crippen LogP contribution in [0.3, 0.4) is 0 Å². The fraction of sp³-hybridized carbons (Fsp3) is 0.611. The summed E-state index contributed by atoms with van der Waals surface area (Å²) in [5.41, 5.74) is 1.38. The molecule has 2 aliphatic carbocycles. The Morgan fingerprint density at radius 1 is 1.18 bits per heavy atom. The third-order valence-corrected chi connectivity index (χ3v) is 5.57. The Hall–Kier alpha value is -1.42. The van der Waals surface area contributed by atoms with Crippen LogP contribution in [0, 0.1) is 11.7 Å². The first-order chi connectivity index (χ1) is 10.6. The Kier molecular flexibility index (Phi) is 4.48. The highest BCUT2D eigenvalue weighted by atomic mass is 19.1. The minimum atomic E-state index is -0.653. The molecular formula is C18H24FNO2. The standard InChI is InChI=1S/C18H24FNO2/c19-15-6-4-14(5-7-15)18(10-1-11-18)12-20-16-8-2-13(3-9-16)17(21)22/h4-7,13,16,20H,1-3,8-12H2,(H,21,22). The van der Waals surface area contributed by atoms with E-state index in [-0.39, 0.29) is 17.2 Å². The van der Waals surface area contributed by atoms with Crippen molar-refractivity contribution < 1.29 is 14.3 Å². The van der Waals surface area contributed by atoms with E-state index in [9.17, 15) is 9.18 Å². The van der Waals surface area contributed by atoms with Crippen molar-refractivity contribution in [2.24, 2.45) is 5.92 Å². The van der Waals surface area contributed by atoms with Crippen LogP contribution in [0.15, 0.2) is 24.3 Å². The van der Waals surface area contributed by atoms with Gasteiger partial charge in [0.05, 0.1) is 5.92 Å². The van der Waals surface area contributed by atoms with Crippen molar-refractivity contribution in [3.05, 3.63) is 35.6 Å². The van der Waals surface area contributed by atoms with Gasteiger partial charge in [0.25, 0.3) is 0 Å². The third kappa shape index (κ3) is 3.17.